The molecule has 1 amide bonds. The Morgan fingerprint density at radius 1 is 1.24 bits per heavy atom. The number of hydrogen-bond donors (Lipinski definition) is 1. The summed E-state index contributed by atoms with van der Waals surface area (Å²) in [5.41, 5.74) is 10.8. The highest BCUT2D eigenvalue weighted by atomic mass is 16.6. The second-order valence-corrected chi connectivity index (χ2v) is 7.48. The number of piperazine rings is 1. The third kappa shape index (κ3) is 4.26. The third-order valence-electron chi connectivity index (χ3n) is 4.54. The molecule has 1 aromatic carbocycles. The van der Waals surface area contributed by atoms with Crippen LogP contribution in [0, 0.1) is 26.2 Å². The van der Waals surface area contributed by atoms with E-state index in [4.69, 9.17) is 16.9 Å². The maximum Gasteiger partial charge on any atom is 0.410 e. The molecule has 0 aromatic heterocycles. The molecule has 1 heterocycles. The van der Waals surface area contributed by atoms with Crippen LogP contribution in [0.4, 0.5) is 10.5 Å². The average Bonchev–Trinajstić information content (AvgIpc) is 2.54. The minimum atomic E-state index is -0.474. The molecular formula is C20H29N3O2. The molecule has 136 valence electrons. The Kier molecular flexibility index (Phi) is 5.64. The smallest absolute Gasteiger partial charge is 0.410 e. The molecule has 2 N–H and O–H groups in total. The summed E-state index contributed by atoms with van der Waals surface area (Å²) in [6, 6.07) is 2.01. The topological polar surface area (TPSA) is 58.8 Å². The number of rotatable bonds is 2. The van der Waals surface area contributed by atoms with Crippen molar-refractivity contribution in [2.45, 2.75) is 46.8 Å². The van der Waals surface area contributed by atoms with Crippen LogP contribution in [0.3, 0.4) is 0 Å². The lowest BCUT2D eigenvalue weighted by Crippen LogP contribution is -2.50. The van der Waals surface area contributed by atoms with Gasteiger partial charge in [-0.25, -0.2) is 4.79 Å². The summed E-state index contributed by atoms with van der Waals surface area (Å²) in [4.78, 5) is 16.3. The summed E-state index contributed by atoms with van der Waals surface area (Å²) in [5.74, 6) is 2.76. The molecule has 1 aliphatic rings. The fourth-order valence-corrected chi connectivity index (χ4v) is 3.23. The highest BCUT2D eigenvalue weighted by Gasteiger charge is 2.27. The molecule has 25 heavy (non-hydrogen) atoms. The number of benzene rings is 1. The molecule has 5 heteroatoms. The van der Waals surface area contributed by atoms with Gasteiger partial charge in [-0.15, -0.1) is 6.42 Å². The lowest BCUT2D eigenvalue weighted by atomic mass is 9.96. The Bertz CT molecular complexity index is 690. The number of ether oxygens (including phenoxy) is 1. The first-order chi connectivity index (χ1) is 11.7. The standard InChI is InChI=1S/C20H29N3O2/c1-7-16-12-17(13-21)15(3)18(14(16)2)22-8-10-23(11-9-22)19(24)25-20(4,5)6/h1,12H,8-11,13,21H2,2-6H3. The Hall–Kier alpha value is -2.19. The van der Waals surface area contributed by atoms with Crippen molar-refractivity contribution in [1.29, 1.82) is 0 Å². The van der Waals surface area contributed by atoms with Crippen LogP contribution in [0.2, 0.25) is 0 Å². The van der Waals surface area contributed by atoms with E-state index in [0.717, 1.165) is 35.5 Å². The van der Waals surface area contributed by atoms with Crippen molar-refractivity contribution in [3.63, 3.8) is 0 Å². The number of hydrogen-bond acceptors (Lipinski definition) is 4. The van der Waals surface area contributed by atoms with Gasteiger partial charge in [0, 0.05) is 44.0 Å². The van der Waals surface area contributed by atoms with Crippen LogP contribution in [0.1, 0.15) is 43.0 Å². The number of carbonyl (C=O) groups is 1. The molecule has 1 saturated heterocycles. The molecule has 1 aliphatic heterocycles. The van der Waals surface area contributed by atoms with Gasteiger partial charge in [0.15, 0.2) is 0 Å². The second kappa shape index (κ2) is 7.37. The number of nitrogens with two attached hydrogens (primary N) is 1. The third-order valence-corrected chi connectivity index (χ3v) is 4.54. The number of anilines is 1. The summed E-state index contributed by atoms with van der Waals surface area (Å²) in [5, 5.41) is 0. The van der Waals surface area contributed by atoms with Crippen molar-refractivity contribution in [2.75, 3.05) is 31.1 Å². The zero-order valence-corrected chi connectivity index (χ0v) is 16.0. The average molecular weight is 343 g/mol. The van der Waals surface area contributed by atoms with Gasteiger partial charge < -0.3 is 20.3 Å². The Labute approximate surface area is 151 Å². The highest BCUT2D eigenvalue weighted by Crippen LogP contribution is 2.31. The molecule has 0 atom stereocenters. The van der Waals surface area contributed by atoms with Crippen LogP contribution < -0.4 is 10.6 Å². The number of amides is 1. The number of carbonyl (C=O) groups excluding carboxylic acids is 1. The van der Waals surface area contributed by atoms with E-state index in [2.05, 4.69) is 24.7 Å². The summed E-state index contributed by atoms with van der Waals surface area (Å²) in [6.07, 6.45) is 5.42. The van der Waals surface area contributed by atoms with Gasteiger partial charge in [0.05, 0.1) is 0 Å². The van der Waals surface area contributed by atoms with Crippen LogP contribution >= 0.6 is 0 Å². The molecule has 1 aromatic rings. The maximum atomic E-state index is 12.2. The minimum absolute atomic E-state index is 0.249. The van der Waals surface area contributed by atoms with Gasteiger partial charge in [-0.1, -0.05) is 5.92 Å². The summed E-state index contributed by atoms with van der Waals surface area (Å²) in [7, 11) is 0. The van der Waals surface area contributed by atoms with Crippen LogP contribution in [-0.2, 0) is 11.3 Å². The number of nitrogens with zero attached hydrogens (tertiary/aromatic N) is 2. The van der Waals surface area contributed by atoms with Gasteiger partial charge in [0.2, 0.25) is 0 Å². The van der Waals surface area contributed by atoms with E-state index in [0.29, 0.717) is 19.6 Å². The van der Waals surface area contributed by atoms with E-state index >= 15 is 0 Å². The van der Waals surface area contributed by atoms with Crippen LogP contribution in [0.5, 0.6) is 0 Å². The lowest BCUT2D eigenvalue weighted by molar-refractivity contribution is 0.0240. The van der Waals surface area contributed by atoms with Crippen molar-refractivity contribution in [1.82, 2.24) is 4.90 Å². The van der Waals surface area contributed by atoms with E-state index in [1.54, 1.807) is 4.90 Å². The minimum Gasteiger partial charge on any atom is -0.444 e. The van der Waals surface area contributed by atoms with E-state index in [1.165, 1.54) is 5.56 Å². The molecule has 0 saturated carbocycles. The Morgan fingerprint density at radius 3 is 2.32 bits per heavy atom. The van der Waals surface area contributed by atoms with E-state index < -0.39 is 5.60 Å². The van der Waals surface area contributed by atoms with Crippen molar-refractivity contribution in [3.05, 3.63) is 28.3 Å². The van der Waals surface area contributed by atoms with Gasteiger partial charge in [0.25, 0.3) is 0 Å². The van der Waals surface area contributed by atoms with Gasteiger partial charge in [-0.3, -0.25) is 0 Å². The normalized spacial score (nSPS) is 15.1. The fourth-order valence-electron chi connectivity index (χ4n) is 3.23. The Morgan fingerprint density at radius 2 is 1.84 bits per heavy atom. The van der Waals surface area contributed by atoms with Crippen molar-refractivity contribution in [2.24, 2.45) is 5.73 Å². The second-order valence-electron chi connectivity index (χ2n) is 7.48. The molecule has 0 radical (unpaired) electrons. The van der Waals surface area contributed by atoms with Crippen LogP contribution in [0.15, 0.2) is 6.07 Å². The quantitative estimate of drug-likeness (QED) is 0.839. The number of terminal acetylenes is 1. The maximum absolute atomic E-state index is 12.2. The van der Waals surface area contributed by atoms with Gasteiger partial charge in [-0.05, 0) is 57.4 Å². The molecule has 0 unspecified atom stereocenters. The molecule has 0 bridgehead atoms. The van der Waals surface area contributed by atoms with E-state index in [-0.39, 0.29) is 6.09 Å². The molecule has 1 fully saturated rings. The SMILES string of the molecule is C#Cc1cc(CN)c(C)c(N2CCN(C(=O)OC(C)(C)C)CC2)c1C. The monoisotopic (exact) mass is 343 g/mol. The zero-order chi connectivity index (χ0) is 18.8. The summed E-state index contributed by atoms with van der Waals surface area (Å²) in [6.45, 7) is 13.0. The predicted octanol–water partition coefficient (Wildman–Crippen LogP) is 2.80. The van der Waals surface area contributed by atoms with Crippen LogP contribution in [0.25, 0.3) is 0 Å². The van der Waals surface area contributed by atoms with Gasteiger partial charge in [0.1, 0.15) is 5.60 Å². The molecule has 2 rings (SSSR count). The highest BCUT2D eigenvalue weighted by molar-refractivity contribution is 5.70. The van der Waals surface area contributed by atoms with E-state index in [1.807, 2.05) is 26.8 Å². The molecule has 0 spiro atoms. The van der Waals surface area contributed by atoms with Crippen molar-refractivity contribution >= 4 is 11.8 Å². The Balaban J connectivity index is 2.19. The first kappa shape index (κ1) is 19.1. The van der Waals surface area contributed by atoms with E-state index in [9.17, 15) is 4.79 Å². The first-order valence-corrected chi connectivity index (χ1v) is 8.70. The molecule has 5 nitrogen and oxygen atoms in total. The predicted molar refractivity (Wildman–Crippen MR) is 102 cm³/mol. The molecule has 0 aliphatic carbocycles. The van der Waals surface area contributed by atoms with Crippen LogP contribution in [-0.4, -0.2) is 42.8 Å². The van der Waals surface area contributed by atoms with Gasteiger partial charge >= 0.3 is 6.09 Å². The van der Waals surface area contributed by atoms with Crippen molar-refractivity contribution in [3.8, 4) is 12.3 Å². The molecular weight excluding hydrogens is 314 g/mol. The lowest BCUT2D eigenvalue weighted by Gasteiger charge is -2.38. The largest absolute Gasteiger partial charge is 0.444 e. The summed E-state index contributed by atoms with van der Waals surface area (Å²) < 4.78 is 5.46. The zero-order valence-electron chi connectivity index (χ0n) is 16.0. The van der Waals surface area contributed by atoms with Gasteiger partial charge in [-0.2, -0.15) is 0 Å². The summed E-state index contributed by atoms with van der Waals surface area (Å²) >= 11 is 0. The first-order valence-electron chi connectivity index (χ1n) is 8.70. The van der Waals surface area contributed by atoms with Crippen molar-refractivity contribution < 1.29 is 9.53 Å². The fraction of sp³-hybridized carbons (Fsp3) is 0.550.